The van der Waals surface area contributed by atoms with Crippen molar-refractivity contribution >= 4 is 33.4 Å². The van der Waals surface area contributed by atoms with Crippen LogP contribution in [0, 0.1) is 0 Å². The number of ether oxygens (including phenoxy) is 1. The summed E-state index contributed by atoms with van der Waals surface area (Å²) in [5.41, 5.74) is 0.979. The van der Waals surface area contributed by atoms with Gasteiger partial charge in [0.1, 0.15) is 0 Å². The van der Waals surface area contributed by atoms with E-state index in [1.54, 1.807) is 12.1 Å². The first-order valence-electron chi connectivity index (χ1n) is 8.51. The number of sulfonamides is 1. The number of hydrogen-bond acceptors (Lipinski definition) is 6. The van der Waals surface area contributed by atoms with E-state index >= 15 is 0 Å². The maximum atomic E-state index is 12.1. The summed E-state index contributed by atoms with van der Waals surface area (Å²) >= 11 is 0. The molecule has 2 rings (SSSR count). The Morgan fingerprint density at radius 1 is 1.00 bits per heavy atom. The molecule has 0 unspecified atom stereocenters. The lowest BCUT2D eigenvalue weighted by atomic mass is 10.1. The summed E-state index contributed by atoms with van der Waals surface area (Å²) in [6.07, 6.45) is 1.41. The molecule has 2 aromatic rings. The average molecular weight is 416 g/mol. The molecule has 0 spiro atoms. The molecule has 9 heteroatoms. The highest BCUT2D eigenvalue weighted by atomic mass is 32.2. The number of rotatable bonds is 9. The van der Waals surface area contributed by atoms with Crippen molar-refractivity contribution in [3.63, 3.8) is 0 Å². The third kappa shape index (κ3) is 6.37. The first-order chi connectivity index (χ1) is 13.7. The Morgan fingerprint density at radius 3 is 2.14 bits per heavy atom. The molecule has 0 saturated heterocycles. The number of anilines is 1. The van der Waals surface area contributed by atoms with E-state index in [4.69, 9.17) is 4.74 Å². The van der Waals surface area contributed by atoms with Crippen molar-refractivity contribution in [3.05, 3.63) is 72.3 Å². The van der Waals surface area contributed by atoms with Crippen LogP contribution in [-0.4, -0.2) is 39.2 Å². The quantitative estimate of drug-likeness (QED) is 0.367. The first-order valence-corrected chi connectivity index (χ1v) is 10.00. The predicted octanol–water partition coefficient (Wildman–Crippen LogP) is 2.15. The lowest BCUT2D eigenvalue weighted by Gasteiger charge is -2.07. The molecule has 0 aliphatic rings. The number of carbonyl (C=O) groups is 3. The topological polar surface area (TPSA) is 119 Å². The summed E-state index contributed by atoms with van der Waals surface area (Å²) in [4.78, 5) is 35.2. The van der Waals surface area contributed by atoms with E-state index in [2.05, 4.69) is 16.6 Å². The number of esters is 1. The lowest BCUT2D eigenvalue weighted by Crippen LogP contribution is -2.23. The standard InChI is InChI=1S/C20H20N2O6S/c1-3-12-21-29(26,27)18-10-6-16(7-11-18)20(25)28-13-19(24)15-4-8-17(9-5-15)22-14(2)23/h3-11,21H,1,12-13H2,2H3,(H,22,23). The number of amides is 1. The Kier molecular flexibility index (Phi) is 7.40. The minimum Gasteiger partial charge on any atom is -0.454 e. The zero-order valence-corrected chi connectivity index (χ0v) is 16.5. The van der Waals surface area contributed by atoms with Gasteiger partial charge in [-0.2, -0.15) is 0 Å². The van der Waals surface area contributed by atoms with Gasteiger partial charge in [0.05, 0.1) is 10.5 Å². The second kappa shape index (κ2) is 9.76. The SMILES string of the molecule is C=CCNS(=O)(=O)c1ccc(C(=O)OCC(=O)c2ccc(NC(C)=O)cc2)cc1. The molecule has 0 saturated carbocycles. The second-order valence-electron chi connectivity index (χ2n) is 5.92. The van der Waals surface area contributed by atoms with Gasteiger partial charge in [-0.15, -0.1) is 6.58 Å². The average Bonchev–Trinajstić information content (AvgIpc) is 2.70. The fourth-order valence-electron chi connectivity index (χ4n) is 2.26. The number of carbonyl (C=O) groups excluding carboxylic acids is 3. The Bertz CT molecular complexity index is 1010. The molecule has 0 aromatic heterocycles. The van der Waals surface area contributed by atoms with Crippen LogP contribution < -0.4 is 10.0 Å². The van der Waals surface area contributed by atoms with Gasteiger partial charge in [0.2, 0.25) is 15.9 Å². The van der Waals surface area contributed by atoms with Crippen LogP contribution in [0.25, 0.3) is 0 Å². The number of benzene rings is 2. The summed E-state index contributed by atoms with van der Waals surface area (Å²) in [6.45, 7) is 4.42. The van der Waals surface area contributed by atoms with Crippen molar-refractivity contribution in [1.29, 1.82) is 0 Å². The number of hydrogen-bond donors (Lipinski definition) is 2. The Labute approximate surface area is 168 Å². The van der Waals surface area contributed by atoms with Gasteiger partial charge in [-0.25, -0.2) is 17.9 Å². The van der Waals surface area contributed by atoms with Crippen molar-refractivity contribution in [2.24, 2.45) is 0 Å². The number of Topliss-reactive ketones (excluding diaryl/α,β-unsaturated/α-hetero) is 1. The van der Waals surface area contributed by atoms with Crippen LogP contribution in [0.2, 0.25) is 0 Å². The smallest absolute Gasteiger partial charge is 0.338 e. The minimum absolute atomic E-state index is 0.00811. The molecule has 2 aromatic carbocycles. The largest absolute Gasteiger partial charge is 0.454 e. The van der Waals surface area contributed by atoms with Gasteiger partial charge >= 0.3 is 5.97 Å². The van der Waals surface area contributed by atoms with E-state index in [1.807, 2.05) is 0 Å². The van der Waals surface area contributed by atoms with Gasteiger partial charge in [0.25, 0.3) is 0 Å². The molecular formula is C20H20N2O6S. The van der Waals surface area contributed by atoms with Crippen LogP contribution in [0.15, 0.2) is 66.1 Å². The first kappa shape index (κ1) is 22.0. The molecule has 2 N–H and O–H groups in total. The predicted molar refractivity (Wildman–Crippen MR) is 107 cm³/mol. The number of ketones is 1. The van der Waals surface area contributed by atoms with Crippen molar-refractivity contribution in [2.75, 3.05) is 18.5 Å². The molecule has 0 fully saturated rings. The van der Waals surface area contributed by atoms with Crippen molar-refractivity contribution in [2.45, 2.75) is 11.8 Å². The van der Waals surface area contributed by atoms with E-state index in [9.17, 15) is 22.8 Å². The fourth-order valence-corrected chi connectivity index (χ4v) is 3.26. The zero-order valence-electron chi connectivity index (χ0n) is 15.7. The highest BCUT2D eigenvalue weighted by molar-refractivity contribution is 7.89. The fraction of sp³-hybridized carbons (Fsp3) is 0.150. The summed E-state index contributed by atoms with van der Waals surface area (Å²) in [6, 6.07) is 11.3. The Hall–Kier alpha value is -3.30. The van der Waals surface area contributed by atoms with E-state index < -0.39 is 28.4 Å². The summed E-state index contributed by atoms with van der Waals surface area (Å²) in [5.74, 6) is -1.40. The summed E-state index contributed by atoms with van der Waals surface area (Å²) in [7, 11) is -3.69. The van der Waals surface area contributed by atoms with Gasteiger partial charge in [-0.05, 0) is 48.5 Å². The maximum absolute atomic E-state index is 12.1. The third-order valence-corrected chi connectivity index (χ3v) is 5.12. The molecule has 0 aliphatic carbocycles. The van der Waals surface area contributed by atoms with Crippen LogP contribution in [0.3, 0.4) is 0 Å². The van der Waals surface area contributed by atoms with Crippen LogP contribution in [0.1, 0.15) is 27.6 Å². The van der Waals surface area contributed by atoms with E-state index in [0.29, 0.717) is 11.3 Å². The second-order valence-corrected chi connectivity index (χ2v) is 7.69. The lowest BCUT2D eigenvalue weighted by molar-refractivity contribution is -0.114. The van der Waals surface area contributed by atoms with Crippen LogP contribution in [0.4, 0.5) is 5.69 Å². The Balaban J connectivity index is 1.95. The van der Waals surface area contributed by atoms with Gasteiger partial charge < -0.3 is 10.1 Å². The van der Waals surface area contributed by atoms with E-state index in [0.717, 1.165) is 0 Å². The molecule has 8 nitrogen and oxygen atoms in total. The molecule has 29 heavy (non-hydrogen) atoms. The normalized spacial score (nSPS) is 10.8. The Morgan fingerprint density at radius 2 is 1.59 bits per heavy atom. The van der Waals surface area contributed by atoms with Crippen molar-refractivity contribution < 1.29 is 27.5 Å². The summed E-state index contributed by atoms with van der Waals surface area (Å²) in [5, 5.41) is 2.58. The van der Waals surface area contributed by atoms with E-state index in [1.165, 1.54) is 49.4 Å². The van der Waals surface area contributed by atoms with Gasteiger partial charge in [0, 0.05) is 24.7 Å². The molecule has 0 bridgehead atoms. The molecule has 1 amide bonds. The van der Waals surface area contributed by atoms with E-state index in [-0.39, 0.29) is 22.9 Å². The van der Waals surface area contributed by atoms with Crippen LogP contribution in [-0.2, 0) is 19.6 Å². The third-order valence-electron chi connectivity index (χ3n) is 3.68. The van der Waals surface area contributed by atoms with Gasteiger partial charge in [-0.1, -0.05) is 6.08 Å². The highest BCUT2D eigenvalue weighted by Gasteiger charge is 2.16. The highest BCUT2D eigenvalue weighted by Crippen LogP contribution is 2.13. The van der Waals surface area contributed by atoms with Gasteiger partial charge in [0.15, 0.2) is 12.4 Å². The monoisotopic (exact) mass is 416 g/mol. The number of nitrogens with one attached hydrogen (secondary N) is 2. The van der Waals surface area contributed by atoms with Crippen LogP contribution in [0.5, 0.6) is 0 Å². The van der Waals surface area contributed by atoms with Crippen LogP contribution >= 0.6 is 0 Å². The molecular weight excluding hydrogens is 396 g/mol. The molecule has 0 aliphatic heterocycles. The maximum Gasteiger partial charge on any atom is 0.338 e. The van der Waals surface area contributed by atoms with Crippen molar-refractivity contribution in [1.82, 2.24) is 4.72 Å². The molecule has 0 atom stereocenters. The van der Waals surface area contributed by atoms with Gasteiger partial charge in [-0.3, -0.25) is 9.59 Å². The van der Waals surface area contributed by atoms with Crippen molar-refractivity contribution in [3.8, 4) is 0 Å². The minimum atomic E-state index is -3.69. The summed E-state index contributed by atoms with van der Waals surface area (Å²) < 4.78 is 31.3. The molecule has 0 heterocycles. The molecule has 152 valence electrons. The zero-order chi connectivity index (χ0) is 21.4. The molecule has 0 radical (unpaired) electrons.